The van der Waals surface area contributed by atoms with E-state index in [1.807, 2.05) is 0 Å². The number of carboxylic acid groups (broad SMARTS) is 2. The maximum Gasteiger partial charge on any atom is 1.00 e. The van der Waals surface area contributed by atoms with E-state index >= 15 is 0 Å². The van der Waals surface area contributed by atoms with Gasteiger partial charge < -0.3 is 30.1 Å². The molecular formula is C3H6BLiO7. The molecule has 0 aromatic heterocycles. The van der Waals surface area contributed by atoms with E-state index in [2.05, 4.69) is 0 Å². The zero-order valence-electron chi connectivity index (χ0n) is 6.30. The third-order valence-corrected chi connectivity index (χ3v) is 0.296. The van der Waals surface area contributed by atoms with Crippen LogP contribution in [0.2, 0.25) is 0 Å². The summed E-state index contributed by atoms with van der Waals surface area (Å²) in [5.41, 5.74) is 0. The first kappa shape index (κ1) is 17.5. The van der Waals surface area contributed by atoms with Crippen LogP contribution in [0, 0.1) is 0 Å². The maximum absolute atomic E-state index is 9.39. The molecule has 0 aliphatic rings. The van der Waals surface area contributed by atoms with Gasteiger partial charge in [-0.1, -0.05) is 0 Å². The van der Waals surface area contributed by atoms with E-state index in [0.29, 0.717) is 0 Å². The van der Waals surface area contributed by atoms with E-state index in [4.69, 9.17) is 20.2 Å². The SMILES string of the molecule is O=C([O-])CC(=O)O.OB(O)O.[Li+]. The molecule has 64 valence electrons. The van der Waals surface area contributed by atoms with Gasteiger partial charge in [-0.3, -0.25) is 4.79 Å². The van der Waals surface area contributed by atoms with Gasteiger partial charge in [0, 0.05) is 0 Å². The van der Waals surface area contributed by atoms with Crippen LogP contribution < -0.4 is 24.0 Å². The molecule has 0 atom stereocenters. The summed E-state index contributed by atoms with van der Waals surface area (Å²) in [6.45, 7) is 0. The minimum Gasteiger partial charge on any atom is -0.550 e. The summed E-state index contributed by atoms with van der Waals surface area (Å²) in [7, 11) is -2.17. The molecule has 0 aromatic rings. The minimum absolute atomic E-state index is 0. The van der Waals surface area contributed by atoms with E-state index in [-0.39, 0.29) is 18.9 Å². The monoisotopic (exact) mass is 172 g/mol. The van der Waals surface area contributed by atoms with Crippen molar-refractivity contribution in [1.82, 2.24) is 0 Å². The van der Waals surface area contributed by atoms with Crippen LogP contribution in [0.25, 0.3) is 0 Å². The Balaban J connectivity index is -0.000000142. The maximum atomic E-state index is 9.39. The van der Waals surface area contributed by atoms with Crippen LogP contribution in [0.15, 0.2) is 0 Å². The molecule has 0 heterocycles. The molecule has 7 nitrogen and oxygen atoms in total. The third-order valence-electron chi connectivity index (χ3n) is 0.296. The number of carbonyl (C=O) groups excluding carboxylic acids is 1. The summed E-state index contributed by atoms with van der Waals surface area (Å²) in [6, 6.07) is 0. The summed E-state index contributed by atoms with van der Waals surface area (Å²) < 4.78 is 0. The number of hydrogen-bond donors (Lipinski definition) is 4. The van der Waals surface area contributed by atoms with Crippen molar-refractivity contribution in [3.05, 3.63) is 0 Å². The molecule has 0 aliphatic carbocycles. The Morgan fingerprint density at radius 3 is 1.50 bits per heavy atom. The molecular weight excluding hydrogens is 166 g/mol. The van der Waals surface area contributed by atoms with E-state index in [9.17, 15) is 14.7 Å². The number of aliphatic carboxylic acids is 2. The van der Waals surface area contributed by atoms with Gasteiger partial charge in [0.15, 0.2) is 0 Å². The Morgan fingerprint density at radius 1 is 1.25 bits per heavy atom. The predicted octanol–water partition coefficient (Wildman–Crippen LogP) is -6.84. The van der Waals surface area contributed by atoms with Gasteiger partial charge >= 0.3 is 32.2 Å². The second-order valence-electron chi connectivity index (χ2n) is 1.29. The number of carboxylic acids is 2. The molecule has 0 unspecified atom stereocenters. The normalized spacial score (nSPS) is 6.92. The van der Waals surface area contributed by atoms with Gasteiger partial charge in [0.25, 0.3) is 0 Å². The first-order chi connectivity index (χ1) is 4.86. The van der Waals surface area contributed by atoms with E-state index in [0.717, 1.165) is 0 Å². The average molecular weight is 172 g/mol. The molecule has 9 heteroatoms. The van der Waals surface area contributed by atoms with Crippen molar-refractivity contribution in [2.24, 2.45) is 0 Å². The third kappa shape index (κ3) is 56.3. The molecule has 0 radical (unpaired) electrons. The minimum atomic E-state index is -2.17. The fourth-order valence-corrected chi connectivity index (χ4v) is 0.123. The molecule has 12 heavy (non-hydrogen) atoms. The summed E-state index contributed by atoms with van der Waals surface area (Å²) in [5, 5.41) is 38.5. The van der Waals surface area contributed by atoms with Gasteiger partial charge in [-0.25, -0.2) is 0 Å². The van der Waals surface area contributed by atoms with Crippen LogP contribution in [-0.4, -0.2) is 39.4 Å². The molecule has 4 N–H and O–H groups in total. The van der Waals surface area contributed by atoms with Gasteiger partial charge in [0.1, 0.15) is 0 Å². The van der Waals surface area contributed by atoms with Crippen LogP contribution in [0.5, 0.6) is 0 Å². The zero-order valence-corrected chi connectivity index (χ0v) is 6.30. The molecule has 0 bridgehead atoms. The Morgan fingerprint density at radius 2 is 1.50 bits per heavy atom. The smallest absolute Gasteiger partial charge is 0.550 e. The first-order valence-corrected chi connectivity index (χ1v) is 2.32. The quantitative estimate of drug-likeness (QED) is 0.239. The molecule has 0 amide bonds. The molecule has 0 aliphatic heterocycles. The van der Waals surface area contributed by atoms with Gasteiger partial charge in [-0.05, 0) is 0 Å². The Labute approximate surface area is 80.0 Å². The number of hydrogen-bond acceptors (Lipinski definition) is 6. The zero-order chi connectivity index (χ0) is 9.44. The fourth-order valence-electron chi connectivity index (χ4n) is 0.123. The molecule has 0 rings (SSSR count). The number of carbonyl (C=O) groups is 2. The predicted molar refractivity (Wildman–Crippen MR) is 29.7 cm³/mol. The van der Waals surface area contributed by atoms with Crippen molar-refractivity contribution < 1.29 is 53.7 Å². The molecule has 0 saturated carbocycles. The van der Waals surface area contributed by atoms with Crippen molar-refractivity contribution >= 4 is 19.3 Å². The summed E-state index contributed by atoms with van der Waals surface area (Å²) >= 11 is 0. The van der Waals surface area contributed by atoms with Crippen molar-refractivity contribution in [1.29, 1.82) is 0 Å². The average Bonchev–Trinajstić information content (AvgIpc) is 1.56. The molecule has 0 saturated heterocycles. The van der Waals surface area contributed by atoms with E-state index < -0.39 is 25.7 Å². The van der Waals surface area contributed by atoms with Crippen molar-refractivity contribution in [2.75, 3.05) is 0 Å². The summed E-state index contributed by atoms with van der Waals surface area (Å²) in [6.07, 6.45) is -0.917. The van der Waals surface area contributed by atoms with Crippen molar-refractivity contribution in [2.45, 2.75) is 6.42 Å². The fraction of sp³-hybridized carbons (Fsp3) is 0.333. The summed E-state index contributed by atoms with van der Waals surface area (Å²) in [4.78, 5) is 18.7. The van der Waals surface area contributed by atoms with E-state index in [1.165, 1.54) is 0 Å². The van der Waals surface area contributed by atoms with Crippen molar-refractivity contribution in [3.8, 4) is 0 Å². The van der Waals surface area contributed by atoms with Crippen LogP contribution in [0.3, 0.4) is 0 Å². The standard InChI is InChI=1S/C3H4O4.BH3O3.Li/c4-2(5)1-3(6)7;2-1(3)4;/h1H2,(H,4,5)(H,6,7);2-4H;/q;;+1/p-1. The van der Waals surface area contributed by atoms with Crippen molar-refractivity contribution in [3.63, 3.8) is 0 Å². The molecule has 0 spiro atoms. The van der Waals surface area contributed by atoms with Gasteiger partial charge in [-0.15, -0.1) is 0 Å². The van der Waals surface area contributed by atoms with E-state index in [1.54, 1.807) is 0 Å². The van der Waals surface area contributed by atoms with Gasteiger partial charge in [0.05, 0.1) is 12.4 Å². The topological polar surface area (TPSA) is 138 Å². The molecule has 0 aromatic carbocycles. The van der Waals surface area contributed by atoms with Crippen LogP contribution in [-0.2, 0) is 9.59 Å². The Kier molecular flexibility index (Phi) is 15.3. The Bertz CT molecular complexity index is 122. The van der Waals surface area contributed by atoms with Crippen LogP contribution in [0.1, 0.15) is 6.42 Å². The second kappa shape index (κ2) is 10.5. The van der Waals surface area contributed by atoms with Gasteiger partial charge in [0.2, 0.25) is 0 Å². The van der Waals surface area contributed by atoms with Gasteiger partial charge in [-0.2, -0.15) is 0 Å². The largest absolute Gasteiger partial charge is 1.00 e. The van der Waals surface area contributed by atoms with Crippen LogP contribution in [0.4, 0.5) is 0 Å². The first-order valence-electron chi connectivity index (χ1n) is 2.32. The second-order valence-corrected chi connectivity index (χ2v) is 1.29. The molecule has 0 fully saturated rings. The number of rotatable bonds is 2. The van der Waals surface area contributed by atoms with Crippen LogP contribution >= 0.6 is 0 Å². The summed E-state index contributed by atoms with van der Waals surface area (Å²) in [5.74, 6) is -2.94. The Hall–Kier alpha value is -0.518.